The molecule has 0 fully saturated rings. The number of carbonyl (C=O) groups excluding carboxylic acids is 1. The van der Waals surface area contributed by atoms with Gasteiger partial charge in [0.05, 0.1) is 6.04 Å². The molecule has 0 radical (unpaired) electrons. The van der Waals surface area contributed by atoms with Crippen molar-refractivity contribution in [2.75, 3.05) is 0 Å². The summed E-state index contributed by atoms with van der Waals surface area (Å²) in [6, 6.07) is 14.2. The molecule has 3 rings (SSSR count). The summed E-state index contributed by atoms with van der Waals surface area (Å²) in [6.07, 6.45) is 7.13. The van der Waals surface area contributed by atoms with Crippen LogP contribution in [0.15, 0.2) is 60.0 Å². The minimum atomic E-state index is -0.0379. The van der Waals surface area contributed by atoms with Gasteiger partial charge in [-0.15, -0.1) is 11.3 Å². The fourth-order valence-electron chi connectivity index (χ4n) is 2.74. The number of amides is 1. The fourth-order valence-corrected chi connectivity index (χ4v) is 3.55. The van der Waals surface area contributed by atoms with E-state index in [1.165, 1.54) is 4.88 Å². The number of benzene rings is 1. The van der Waals surface area contributed by atoms with E-state index in [0.717, 1.165) is 18.4 Å². The standard InChI is InChI=1S/C18H19NOS/c20-17(13-14-7-4-5-8-14)19-18(16-11-6-12-21-16)15-9-2-1-3-10-15/h1-4,6-7,9-12,14,18H,5,8,13H2,(H,19,20)/t14-,18-/m0/s1. The summed E-state index contributed by atoms with van der Waals surface area (Å²) in [6.45, 7) is 0. The van der Waals surface area contributed by atoms with Crippen LogP contribution in [-0.2, 0) is 4.79 Å². The molecule has 0 unspecified atom stereocenters. The minimum absolute atomic E-state index is 0.0379. The molecule has 1 N–H and O–H groups in total. The first-order valence-corrected chi connectivity index (χ1v) is 8.25. The number of hydrogen-bond donors (Lipinski definition) is 1. The van der Waals surface area contributed by atoms with Gasteiger partial charge in [0.25, 0.3) is 0 Å². The van der Waals surface area contributed by atoms with Crippen molar-refractivity contribution in [3.05, 3.63) is 70.4 Å². The molecule has 0 saturated carbocycles. The Morgan fingerprint density at radius 2 is 2.10 bits per heavy atom. The number of rotatable bonds is 5. The minimum Gasteiger partial charge on any atom is -0.344 e. The molecule has 0 spiro atoms. The maximum atomic E-state index is 12.3. The van der Waals surface area contributed by atoms with Crippen LogP contribution in [0.5, 0.6) is 0 Å². The number of thiophene rings is 1. The van der Waals surface area contributed by atoms with E-state index in [1.54, 1.807) is 11.3 Å². The van der Waals surface area contributed by atoms with E-state index >= 15 is 0 Å². The maximum Gasteiger partial charge on any atom is 0.221 e. The summed E-state index contributed by atoms with van der Waals surface area (Å²) in [5.41, 5.74) is 1.13. The SMILES string of the molecule is O=C(C[C@H]1C=CCC1)N[C@@H](c1ccccc1)c1cccs1. The fraction of sp³-hybridized carbons (Fsp3) is 0.278. The van der Waals surface area contributed by atoms with Crippen molar-refractivity contribution in [3.8, 4) is 0 Å². The van der Waals surface area contributed by atoms with Crippen molar-refractivity contribution < 1.29 is 4.79 Å². The molecule has 0 saturated heterocycles. The molecular weight excluding hydrogens is 278 g/mol. The van der Waals surface area contributed by atoms with Gasteiger partial charge in [-0.25, -0.2) is 0 Å². The van der Waals surface area contributed by atoms with Crippen molar-refractivity contribution in [3.63, 3.8) is 0 Å². The Labute approximate surface area is 129 Å². The monoisotopic (exact) mass is 297 g/mol. The first-order chi connectivity index (χ1) is 10.3. The van der Waals surface area contributed by atoms with Gasteiger partial charge >= 0.3 is 0 Å². The molecule has 1 aliphatic carbocycles. The highest BCUT2D eigenvalue weighted by atomic mass is 32.1. The lowest BCUT2D eigenvalue weighted by atomic mass is 10.0. The maximum absolute atomic E-state index is 12.3. The van der Waals surface area contributed by atoms with E-state index < -0.39 is 0 Å². The highest BCUT2D eigenvalue weighted by Gasteiger charge is 2.20. The predicted octanol–water partition coefficient (Wildman–Crippen LogP) is 4.31. The van der Waals surface area contributed by atoms with Crippen molar-refractivity contribution in [1.82, 2.24) is 5.32 Å². The number of nitrogens with one attached hydrogen (secondary N) is 1. The van der Waals surface area contributed by atoms with Crippen LogP contribution < -0.4 is 5.32 Å². The van der Waals surface area contributed by atoms with Crippen LogP contribution in [0.2, 0.25) is 0 Å². The van der Waals surface area contributed by atoms with Crippen LogP contribution in [0.1, 0.15) is 35.7 Å². The quantitative estimate of drug-likeness (QED) is 0.819. The molecule has 21 heavy (non-hydrogen) atoms. The lowest BCUT2D eigenvalue weighted by Gasteiger charge is -2.19. The molecule has 2 atom stereocenters. The zero-order chi connectivity index (χ0) is 14.5. The molecule has 1 heterocycles. The van der Waals surface area contributed by atoms with E-state index in [-0.39, 0.29) is 11.9 Å². The zero-order valence-electron chi connectivity index (χ0n) is 11.9. The molecule has 108 valence electrons. The third-order valence-electron chi connectivity index (χ3n) is 3.83. The Kier molecular flexibility index (Phi) is 4.51. The Balaban J connectivity index is 1.73. The average molecular weight is 297 g/mol. The van der Waals surface area contributed by atoms with Gasteiger partial charge in [-0.1, -0.05) is 48.6 Å². The van der Waals surface area contributed by atoms with Crippen LogP contribution in [-0.4, -0.2) is 5.91 Å². The first kappa shape index (κ1) is 14.1. The van der Waals surface area contributed by atoms with Crippen molar-refractivity contribution >= 4 is 17.2 Å². The predicted molar refractivity (Wildman–Crippen MR) is 87.2 cm³/mol. The van der Waals surface area contributed by atoms with E-state index in [0.29, 0.717) is 12.3 Å². The molecule has 2 aromatic rings. The van der Waals surface area contributed by atoms with Gasteiger partial charge in [0, 0.05) is 11.3 Å². The van der Waals surface area contributed by atoms with Gasteiger partial charge in [0.15, 0.2) is 0 Å². The van der Waals surface area contributed by atoms with Crippen LogP contribution in [0, 0.1) is 5.92 Å². The number of carbonyl (C=O) groups is 1. The Morgan fingerprint density at radius 3 is 2.76 bits per heavy atom. The molecule has 2 nitrogen and oxygen atoms in total. The van der Waals surface area contributed by atoms with Crippen molar-refractivity contribution in [2.24, 2.45) is 5.92 Å². The average Bonchev–Trinajstić information content (AvgIpc) is 3.19. The molecule has 0 aliphatic heterocycles. The molecule has 1 aliphatic rings. The smallest absolute Gasteiger partial charge is 0.221 e. The summed E-state index contributed by atoms with van der Waals surface area (Å²) in [4.78, 5) is 13.5. The molecule has 0 bridgehead atoms. The molecule has 1 aromatic carbocycles. The first-order valence-electron chi connectivity index (χ1n) is 7.37. The third kappa shape index (κ3) is 3.61. The van der Waals surface area contributed by atoms with E-state index in [1.807, 2.05) is 24.3 Å². The molecule has 1 aromatic heterocycles. The molecule has 1 amide bonds. The zero-order valence-corrected chi connectivity index (χ0v) is 12.7. The number of hydrogen-bond acceptors (Lipinski definition) is 2. The normalized spacial score (nSPS) is 18.6. The summed E-state index contributed by atoms with van der Waals surface area (Å²) in [5, 5.41) is 5.25. The molecule has 3 heteroatoms. The summed E-state index contributed by atoms with van der Waals surface area (Å²) in [7, 11) is 0. The van der Waals surface area contributed by atoms with Gasteiger partial charge in [-0.05, 0) is 35.8 Å². The van der Waals surface area contributed by atoms with Crippen LogP contribution in [0.25, 0.3) is 0 Å². The summed E-state index contributed by atoms with van der Waals surface area (Å²) >= 11 is 1.68. The Morgan fingerprint density at radius 1 is 1.24 bits per heavy atom. The number of allylic oxidation sites excluding steroid dienone is 2. The van der Waals surface area contributed by atoms with E-state index in [9.17, 15) is 4.79 Å². The second-order valence-corrected chi connectivity index (χ2v) is 6.38. The second-order valence-electron chi connectivity index (χ2n) is 5.40. The topological polar surface area (TPSA) is 29.1 Å². The lowest BCUT2D eigenvalue weighted by Crippen LogP contribution is -2.29. The third-order valence-corrected chi connectivity index (χ3v) is 4.76. The van der Waals surface area contributed by atoms with Gasteiger partial charge in [-0.3, -0.25) is 4.79 Å². The van der Waals surface area contributed by atoms with Gasteiger partial charge in [-0.2, -0.15) is 0 Å². The van der Waals surface area contributed by atoms with Crippen molar-refractivity contribution in [2.45, 2.75) is 25.3 Å². The second kappa shape index (κ2) is 6.72. The van der Waals surface area contributed by atoms with Crippen LogP contribution >= 0.6 is 11.3 Å². The highest BCUT2D eigenvalue weighted by Crippen LogP contribution is 2.27. The van der Waals surface area contributed by atoms with Crippen molar-refractivity contribution in [1.29, 1.82) is 0 Å². The summed E-state index contributed by atoms with van der Waals surface area (Å²) < 4.78 is 0. The molecular formula is C18H19NOS. The largest absolute Gasteiger partial charge is 0.344 e. The lowest BCUT2D eigenvalue weighted by molar-refractivity contribution is -0.122. The summed E-state index contributed by atoms with van der Waals surface area (Å²) in [5.74, 6) is 0.540. The van der Waals surface area contributed by atoms with Crippen LogP contribution in [0.4, 0.5) is 0 Å². The van der Waals surface area contributed by atoms with E-state index in [2.05, 4.69) is 41.0 Å². The van der Waals surface area contributed by atoms with Gasteiger partial charge in [0.2, 0.25) is 5.91 Å². The Hall–Kier alpha value is -1.87. The van der Waals surface area contributed by atoms with Crippen LogP contribution in [0.3, 0.4) is 0 Å². The van der Waals surface area contributed by atoms with Gasteiger partial charge < -0.3 is 5.32 Å². The highest BCUT2D eigenvalue weighted by molar-refractivity contribution is 7.10. The Bertz CT molecular complexity index is 603. The van der Waals surface area contributed by atoms with E-state index in [4.69, 9.17) is 0 Å². The van der Waals surface area contributed by atoms with Gasteiger partial charge in [0.1, 0.15) is 0 Å².